The summed E-state index contributed by atoms with van der Waals surface area (Å²) in [4.78, 5) is 9.53. The van der Waals surface area contributed by atoms with Crippen molar-refractivity contribution in [3.05, 3.63) is 59.5 Å². The van der Waals surface area contributed by atoms with Crippen LogP contribution in [0, 0.1) is 5.92 Å². The quantitative estimate of drug-likeness (QED) is 0.226. The van der Waals surface area contributed by atoms with Crippen molar-refractivity contribution in [3.8, 4) is 5.69 Å². The van der Waals surface area contributed by atoms with Gasteiger partial charge in [0.15, 0.2) is 5.65 Å². The van der Waals surface area contributed by atoms with Gasteiger partial charge in [-0.05, 0) is 50.4 Å². The average molecular weight is 520 g/mol. The highest BCUT2D eigenvalue weighted by atomic mass is 16.3. The Hall–Kier alpha value is -3.54. The van der Waals surface area contributed by atoms with Gasteiger partial charge in [0.2, 0.25) is 11.9 Å². The zero-order valence-electron chi connectivity index (χ0n) is 22.4. The van der Waals surface area contributed by atoms with Crippen LogP contribution in [0.25, 0.3) is 11.3 Å². The van der Waals surface area contributed by atoms with Crippen LogP contribution in [0.15, 0.2) is 42.7 Å². The zero-order valence-corrected chi connectivity index (χ0v) is 22.4. The SMILES string of the molecule is CC(C)c1cnn2c(NCc3ccccc3-n3ccc(C(C)(C)O)n3)nc(NCC3CCNCC3O)nc12. The second-order valence-electron chi connectivity index (χ2n) is 10.7. The first-order valence-corrected chi connectivity index (χ1v) is 13.2. The van der Waals surface area contributed by atoms with Crippen LogP contribution in [0.3, 0.4) is 0 Å². The molecule has 0 amide bonds. The van der Waals surface area contributed by atoms with Crippen LogP contribution >= 0.6 is 0 Å². The minimum Gasteiger partial charge on any atom is -0.391 e. The van der Waals surface area contributed by atoms with E-state index in [0.717, 1.165) is 35.4 Å². The lowest BCUT2D eigenvalue weighted by Crippen LogP contribution is -2.43. The topological polar surface area (TPSA) is 137 Å². The van der Waals surface area contributed by atoms with Crippen molar-refractivity contribution in [1.29, 1.82) is 0 Å². The summed E-state index contributed by atoms with van der Waals surface area (Å²) in [5.74, 6) is 1.46. The van der Waals surface area contributed by atoms with E-state index in [2.05, 4.69) is 40.0 Å². The van der Waals surface area contributed by atoms with E-state index < -0.39 is 11.7 Å². The summed E-state index contributed by atoms with van der Waals surface area (Å²) >= 11 is 0. The molecule has 0 bridgehead atoms. The molecule has 1 saturated heterocycles. The number of piperidine rings is 1. The minimum absolute atomic E-state index is 0.136. The number of aromatic nitrogens is 6. The molecule has 2 atom stereocenters. The average Bonchev–Trinajstić information content (AvgIpc) is 3.55. The Labute approximate surface area is 222 Å². The van der Waals surface area contributed by atoms with E-state index in [1.165, 1.54) is 0 Å². The lowest BCUT2D eigenvalue weighted by molar-refractivity contribution is 0.0734. The molecule has 0 aliphatic carbocycles. The molecule has 0 radical (unpaired) electrons. The van der Waals surface area contributed by atoms with Crippen molar-refractivity contribution in [1.82, 2.24) is 34.7 Å². The standard InChI is InChI=1S/C27H37N9O2/c1-17(2)20-15-31-36-24(20)32-25(29-14-19-9-11-28-16-22(19)37)33-26(36)30-13-18-7-5-6-8-21(18)35-12-10-23(34-35)27(3,4)38/h5-8,10,12,15,17,19,22,28,37-38H,9,11,13-14,16H2,1-4H3,(H2,29,30,32,33). The van der Waals surface area contributed by atoms with Crippen LogP contribution in [0.2, 0.25) is 0 Å². The largest absolute Gasteiger partial charge is 0.391 e. The number of aliphatic hydroxyl groups excluding tert-OH is 1. The zero-order chi connectivity index (χ0) is 26.9. The van der Waals surface area contributed by atoms with Crippen molar-refractivity contribution in [2.45, 2.75) is 58.3 Å². The normalized spacial score (nSPS) is 18.3. The van der Waals surface area contributed by atoms with Gasteiger partial charge in [-0.2, -0.15) is 24.7 Å². The van der Waals surface area contributed by atoms with E-state index in [1.54, 1.807) is 23.0 Å². The van der Waals surface area contributed by atoms with Crippen molar-refractivity contribution < 1.29 is 10.2 Å². The second kappa shape index (κ2) is 10.7. The number of anilines is 2. The number of hydrogen-bond donors (Lipinski definition) is 5. The fraction of sp³-hybridized carbons (Fsp3) is 0.481. The lowest BCUT2D eigenvalue weighted by atomic mass is 9.95. The van der Waals surface area contributed by atoms with Crippen molar-refractivity contribution in [2.24, 2.45) is 5.92 Å². The number of para-hydroxylation sites is 1. The number of rotatable bonds is 9. The van der Waals surface area contributed by atoms with Crippen molar-refractivity contribution in [3.63, 3.8) is 0 Å². The number of nitrogens with zero attached hydrogens (tertiary/aromatic N) is 6. The molecule has 11 nitrogen and oxygen atoms in total. The molecule has 0 saturated carbocycles. The molecule has 11 heteroatoms. The van der Waals surface area contributed by atoms with Gasteiger partial charge in [-0.3, -0.25) is 0 Å². The molecule has 202 valence electrons. The van der Waals surface area contributed by atoms with Gasteiger partial charge in [0, 0.05) is 37.3 Å². The van der Waals surface area contributed by atoms with E-state index in [9.17, 15) is 10.2 Å². The molecule has 4 aromatic rings. The van der Waals surface area contributed by atoms with Crippen LogP contribution < -0.4 is 16.0 Å². The minimum atomic E-state index is -1.02. The van der Waals surface area contributed by atoms with E-state index in [1.807, 2.05) is 42.7 Å². The molecule has 4 heterocycles. The van der Waals surface area contributed by atoms with Gasteiger partial charge in [-0.25, -0.2) is 4.68 Å². The molecule has 1 aromatic carbocycles. The summed E-state index contributed by atoms with van der Waals surface area (Å²) in [5, 5.41) is 39.9. The third kappa shape index (κ3) is 5.50. The fourth-order valence-electron chi connectivity index (χ4n) is 4.69. The van der Waals surface area contributed by atoms with E-state index in [4.69, 9.17) is 9.97 Å². The van der Waals surface area contributed by atoms with Crippen molar-refractivity contribution in [2.75, 3.05) is 30.3 Å². The Morgan fingerprint density at radius 3 is 2.71 bits per heavy atom. The van der Waals surface area contributed by atoms with Crippen LogP contribution in [0.5, 0.6) is 0 Å². The Morgan fingerprint density at radius 1 is 1.16 bits per heavy atom. The van der Waals surface area contributed by atoms with Gasteiger partial charge in [0.25, 0.3) is 0 Å². The predicted molar refractivity (Wildman–Crippen MR) is 146 cm³/mol. The number of nitrogens with one attached hydrogen (secondary N) is 3. The lowest BCUT2D eigenvalue weighted by Gasteiger charge is -2.28. The van der Waals surface area contributed by atoms with Crippen LogP contribution in [-0.2, 0) is 12.1 Å². The molecule has 3 aromatic heterocycles. The van der Waals surface area contributed by atoms with E-state index in [-0.39, 0.29) is 11.8 Å². The van der Waals surface area contributed by atoms with E-state index in [0.29, 0.717) is 37.2 Å². The van der Waals surface area contributed by atoms with Gasteiger partial charge in [0.1, 0.15) is 5.60 Å². The van der Waals surface area contributed by atoms with Gasteiger partial charge in [-0.15, -0.1) is 0 Å². The van der Waals surface area contributed by atoms with Crippen molar-refractivity contribution >= 4 is 17.5 Å². The summed E-state index contributed by atoms with van der Waals surface area (Å²) in [6.45, 7) is 10.2. The van der Waals surface area contributed by atoms with Crippen LogP contribution in [0.1, 0.15) is 56.9 Å². The Bertz CT molecular complexity index is 1390. The maximum atomic E-state index is 10.3. The number of fused-ring (bicyclic) bond motifs is 1. The maximum Gasteiger partial charge on any atom is 0.229 e. The Kier molecular flexibility index (Phi) is 7.33. The summed E-state index contributed by atoms with van der Waals surface area (Å²) in [6.07, 6.45) is 4.20. The van der Waals surface area contributed by atoms with Crippen LogP contribution in [-0.4, -0.2) is 65.3 Å². The fourth-order valence-corrected chi connectivity index (χ4v) is 4.69. The predicted octanol–water partition coefficient (Wildman–Crippen LogP) is 2.66. The first kappa shape index (κ1) is 26.1. The van der Waals surface area contributed by atoms with Crippen LogP contribution in [0.4, 0.5) is 11.9 Å². The highest BCUT2D eigenvalue weighted by molar-refractivity contribution is 5.56. The molecule has 5 rings (SSSR count). The van der Waals surface area contributed by atoms with Gasteiger partial charge in [0.05, 0.1) is 23.7 Å². The number of aliphatic hydroxyl groups is 2. The summed E-state index contributed by atoms with van der Waals surface area (Å²) < 4.78 is 3.52. The summed E-state index contributed by atoms with van der Waals surface area (Å²) in [5.41, 5.74) is 3.28. The molecule has 1 aliphatic rings. The number of β-amino-alcohol motifs (C(OH)–C–C–N with tert-alkyl or cyclic N) is 1. The first-order chi connectivity index (χ1) is 18.2. The van der Waals surface area contributed by atoms with Gasteiger partial charge >= 0.3 is 0 Å². The molecular weight excluding hydrogens is 482 g/mol. The first-order valence-electron chi connectivity index (χ1n) is 13.2. The molecule has 2 unspecified atom stereocenters. The monoisotopic (exact) mass is 519 g/mol. The third-order valence-corrected chi connectivity index (χ3v) is 7.02. The van der Waals surface area contributed by atoms with E-state index >= 15 is 0 Å². The maximum absolute atomic E-state index is 10.3. The Morgan fingerprint density at radius 2 is 1.97 bits per heavy atom. The summed E-state index contributed by atoms with van der Waals surface area (Å²) in [7, 11) is 0. The third-order valence-electron chi connectivity index (χ3n) is 7.02. The highest BCUT2D eigenvalue weighted by Gasteiger charge is 2.24. The van der Waals surface area contributed by atoms with Gasteiger partial charge in [-0.1, -0.05) is 32.0 Å². The number of benzene rings is 1. The molecule has 1 fully saturated rings. The Balaban J connectivity index is 1.42. The van der Waals surface area contributed by atoms with Gasteiger partial charge < -0.3 is 26.2 Å². The second-order valence-corrected chi connectivity index (χ2v) is 10.7. The molecule has 1 aliphatic heterocycles. The molecule has 38 heavy (non-hydrogen) atoms. The highest BCUT2D eigenvalue weighted by Crippen LogP contribution is 2.24. The molecule has 0 spiro atoms. The number of hydrogen-bond acceptors (Lipinski definition) is 9. The molecule has 5 N–H and O–H groups in total. The smallest absolute Gasteiger partial charge is 0.229 e. The summed E-state index contributed by atoms with van der Waals surface area (Å²) in [6, 6.07) is 9.81. The molecular formula is C27H37N9O2.